The molecule has 1 amide bonds. The summed E-state index contributed by atoms with van der Waals surface area (Å²) in [6.07, 6.45) is 3.92. The zero-order chi connectivity index (χ0) is 11.5. The lowest BCUT2D eigenvalue weighted by Crippen LogP contribution is -2.33. The van der Waals surface area contributed by atoms with Crippen LogP contribution in [-0.4, -0.2) is 22.0 Å². The summed E-state index contributed by atoms with van der Waals surface area (Å²) in [5.41, 5.74) is 0.934. The van der Waals surface area contributed by atoms with Gasteiger partial charge in [-0.15, -0.1) is 0 Å². The first-order valence-corrected chi connectivity index (χ1v) is 5.10. The highest BCUT2D eigenvalue weighted by Gasteiger charge is 2.12. The molecule has 4 heteroatoms. The first-order chi connectivity index (χ1) is 6.87. The topological polar surface area (TPSA) is 46.9 Å². The number of rotatable bonds is 3. The largest absolute Gasteiger partial charge is 0.355 e. The summed E-state index contributed by atoms with van der Waals surface area (Å²) in [7, 11) is 1.89. The summed E-state index contributed by atoms with van der Waals surface area (Å²) in [5.74, 6) is 0.0311. The molecule has 0 unspecified atom stereocenters. The number of aromatic nitrogens is 2. The highest BCUT2D eigenvalue weighted by atomic mass is 16.1. The summed E-state index contributed by atoms with van der Waals surface area (Å²) in [6.45, 7) is 6.97. The third-order valence-electron chi connectivity index (χ3n) is 1.92. The fraction of sp³-hybridized carbons (Fsp3) is 0.636. The highest BCUT2D eigenvalue weighted by Crippen LogP contribution is 2.10. The van der Waals surface area contributed by atoms with Crippen molar-refractivity contribution in [2.75, 3.05) is 6.54 Å². The SMILES string of the molecule is Cn1cnc(CC(=O)NCC(C)(C)C)c1. The van der Waals surface area contributed by atoms with E-state index < -0.39 is 0 Å². The van der Waals surface area contributed by atoms with E-state index in [1.54, 1.807) is 6.33 Å². The molecule has 0 spiro atoms. The van der Waals surface area contributed by atoms with E-state index in [9.17, 15) is 4.79 Å². The van der Waals surface area contributed by atoms with Crippen molar-refractivity contribution in [1.29, 1.82) is 0 Å². The number of hydrogen-bond acceptors (Lipinski definition) is 2. The maximum Gasteiger partial charge on any atom is 0.226 e. The van der Waals surface area contributed by atoms with Gasteiger partial charge in [0.15, 0.2) is 0 Å². The van der Waals surface area contributed by atoms with E-state index in [4.69, 9.17) is 0 Å². The molecule has 4 nitrogen and oxygen atoms in total. The number of carbonyl (C=O) groups excluding carboxylic acids is 1. The van der Waals surface area contributed by atoms with Gasteiger partial charge in [-0.2, -0.15) is 0 Å². The lowest BCUT2D eigenvalue weighted by atomic mass is 9.97. The van der Waals surface area contributed by atoms with Crippen molar-refractivity contribution in [3.63, 3.8) is 0 Å². The monoisotopic (exact) mass is 209 g/mol. The van der Waals surface area contributed by atoms with Crippen LogP contribution in [0.2, 0.25) is 0 Å². The minimum Gasteiger partial charge on any atom is -0.355 e. The lowest BCUT2D eigenvalue weighted by Gasteiger charge is -2.18. The number of hydrogen-bond donors (Lipinski definition) is 1. The Bertz CT molecular complexity index is 336. The number of amides is 1. The molecular formula is C11H19N3O. The van der Waals surface area contributed by atoms with Gasteiger partial charge in [0.2, 0.25) is 5.91 Å². The molecule has 15 heavy (non-hydrogen) atoms. The van der Waals surface area contributed by atoms with E-state index in [-0.39, 0.29) is 11.3 Å². The fourth-order valence-electron chi connectivity index (χ4n) is 1.15. The average molecular weight is 209 g/mol. The second-order valence-corrected chi connectivity index (χ2v) is 5.04. The zero-order valence-corrected chi connectivity index (χ0v) is 9.87. The molecule has 1 rings (SSSR count). The molecule has 0 atom stereocenters. The van der Waals surface area contributed by atoms with E-state index in [0.29, 0.717) is 13.0 Å². The van der Waals surface area contributed by atoms with Gasteiger partial charge < -0.3 is 9.88 Å². The van der Waals surface area contributed by atoms with Crippen LogP contribution in [-0.2, 0) is 18.3 Å². The molecule has 0 saturated carbocycles. The molecule has 84 valence electrons. The number of nitrogens with zero attached hydrogens (tertiary/aromatic N) is 2. The molecule has 0 aliphatic rings. The van der Waals surface area contributed by atoms with Crippen LogP contribution in [0, 0.1) is 5.41 Å². The third-order valence-corrected chi connectivity index (χ3v) is 1.92. The Morgan fingerprint density at radius 3 is 2.67 bits per heavy atom. The highest BCUT2D eigenvalue weighted by molar-refractivity contribution is 5.78. The van der Waals surface area contributed by atoms with Crippen molar-refractivity contribution in [3.05, 3.63) is 18.2 Å². The molecule has 0 radical (unpaired) electrons. The number of carbonyl (C=O) groups is 1. The van der Waals surface area contributed by atoms with Gasteiger partial charge in [0.05, 0.1) is 18.4 Å². The van der Waals surface area contributed by atoms with Gasteiger partial charge in [0.1, 0.15) is 0 Å². The molecular weight excluding hydrogens is 190 g/mol. The summed E-state index contributed by atoms with van der Waals surface area (Å²) in [6, 6.07) is 0. The Morgan fingerprint density at radius 1 is 1.53 bits per heavy atom. The first-order valence-electron chi connectivity index (χ1n) is 5.10. The Labute approximate surface area is 90.7 Å². The van der Waals surface area contributed by atoms with Crippen molar-refractivity contribution in [2.24, 2.45) is 12.5 Å². The van der Waals surface area contributed by atoms with Crippen LogP contribution in [0.3, 0.4) is 0 Å². The van der Waals surface area contributed by atoms with Crippen LogP contribution in [0.15, 0.2) is 12.5 Å². The molecule has 0 saturated heterocycles. The van der Waals surface area contributed by atoms with Crippen LogP contribution in [0.5, 0.6) is 0 Å². The second kappa shape index (κ2) is 4.47. The molecule has 0 aromatic carbocycles. The standard InChI is InChI=1S/C11H19N3O/c1-11(2,3)7-12-10(15)5-9-6-14(4)8-13-9/h6,8H,5,7H2,1-4H3,(H,12,15). The molecule has 0 aliphatic heterocycles. The van der Waals surface area contributed by atoms with E-state index in [1.807, 2.05) is 17.8 Å². The molecule has 1 heterocycles. The average Bonchev–Trinajstić information content (AvgIpc) is 2.47. The zero-order valence-electron chi connectivity index (χ0n) is 9.87. The minimum atomic E-state index is 0.0311. The number of nitrogens with one attached hydrogen (secondary N) is 1. The van der Waals surface area contributed by atoms with Gasteiger partial charge in [-0.1, -0.05) is 20.8 Å². The van der Waals surface area contributed by atoms with E-state index >= 15 is 0 Å². The molecule has 0 aliphatic carbocycles. The minimum absolute atomic E-state index is 0.0311. The van der Waals surface area contributed by atoms with Crippen molar-refractivity contribution in [1.82, 2.24) is 14.9 Å². The predicted molar refractivity (Wildman–Crippen MR) is 59.4 cm³/mol. The van der Waals surface area contributed by atoms with Crippen LogP contribution in [0.1, 0.15) is 26.5 Å². The van der Waals surface area contributed by atoms with E-state index in [0.717, 1.165) is 5.69 Å². The Kier molecular flexibility index (Phi) is 3.50. The van der Waals surface area contributed by atoms with Crippen molar-refractivity contribution in [3.8, 4) is 0 Å². The van der Waals surface area contributed by atoms with E-state index in [2.05, 4.69) is 31.1 Å². The van der Waals surface area contributed by atoms with Crippen LogP contribution < -0.4 is 5.32 Å². The third kappa shape index (κ3) is 4.63. The molecule has 0 bridgehead atoms. The maximum absolute atomic E-state index is 11.5. The van der Waals surface area contributed by atoms with Gasteiger partial charge in [-0.3, -0.25) is 4.79 Å². The summed E-state index contributed by atoms with van der Waals surface area (Å²) in [5, 5.41) is 2.89. The van der Waals surface area contributed by atoms with Crippen LogP contribution >= 0.6 is 0 Å². The number of imidazole rings is 1. The van der Waals surface area contributed by atoms with Gasteiger partial charge in [0.25, 0.3) is 0 Å². The Balaban J connectivity index is 2.37. The predicted octanol–water partition coefficient (Wildman–Crippen LogP) is 1.12. The summed E-state index contributed by atoms with van der Waals surface area (Å²) < 4.78 is 1.84. The lowest BCUT2D eigenvalue weighted by molar-refractivity contribution is -0.120. The smallest absolute Gasteiger partial charge is 0.226 e. The van der Waals surface area contributed by atoms with E-state index in [1.165, 1.54) is 0 Å². The van der Waals surface area contributed by atoms with Gasteiger partial charge in [-0.25, -0.2) is 4.98 Å². The fourth-order valence-corrected chi connectivity index (χ4v) is 1.15. The molecule has 1 aromatic heterocycles. The summed E-state index contributed by atoms with van der Waals surface area (Å²) >= 11 is 0. The van der Waals surface area contributed by atoms with Gasteiger partial charge in [-0.05, 0) is 5.41 Å². The quantitative estimate of drug-likeness (QED) is 0.811. The summed E-state index contributed by atoms with van der Waals surface area (Å²) in [4.78, 5) is 15.6. The normalized spacial score (nSPS) is 11.5. The van der Waals surface area contributed by atoms with Crippen molar-refractivity contribution < 1.29 is 4.79 Å². The molecule has 1 N–H and O–H groups in total. The Hall–Kier alpha value is -1.32. The maximum atomic E-state index is 11.5. The van der Waals surface area contributed by atoms with Gasteiger partial charge >= 0.3 is 0 Å². The number of aryl methyl sites for hydroxylation is 1. The molecule has 1 aromatic rings. The second-order valence-electron chi connectivity index (χ2n) is 5.04. The Morgan fingerprint density at radius 2 is 2.20 bits per heavy atom. The van der Waals surface area contributed by atoms with Crippen LogP contribution in [0.4, 0.5) is 0 Å². The first kappa shape index (κ1) is 11.8. The van der Waals surface area contributed by atoms with Gasteiger partial charge in [0, 0.05) is 19.8 Å². The molecule has 0 fully saturated rings. The van der Waals surface area contributed by atoms with Crippen LogP contribution in [0.25, 0.3) is 0 Å². The van der Waals surface area contributed by atoms with Crippen molar-refractivity contribution in [2.45, 2.75) is 27.2 Å². The van der Waals surface area contributed by atoms with Crippen molar-refractivity contribution >= 4 is 5.91 Å².